The van der Waals surface area contributed by atoms with Gasteiger partial charge in [0.1, 0.15) is 35.2 Å². The number of pyridine rings is 5. The van der Waals surface area contributed by atoms with Crippen LogP contribution in [0.5, 0.6) is 0 Å². The molecular formula is C85H110N5+5. The number of rotatable bonds is 9. The van der Waals surface area contributed by atoms with Crippen LogP contribution in [0.25, 0.3) is 56.3 Å². The Bertz CT molecular complexity index is 4880. The number of hydrogen-bond donors (Lipinski definition) is 0. The summed E-state index contributed by atoms with van der Waals surface area (Å²) in [6.07, 6.45) is 3.46. The van der Waals surface area contributed by atoms with Crippen LogP contribution < -0.4 is 22.8 Å². The summed E-state index contributed by atoms with van der Waals surface area (Å²) in [6, 6.07) is 51.4. The van der Waals surface area contributed by atoms with Crippen molar-refractivity contribution in [2.45, 2.75) is 169 Å². The zero-order chi connectivity index (χ0) is 82.8. The summed E-state index contributed by atoms with van der Waals surface area (Å²) in [5, 5.41) is 0. The Morgan fingerprint density at radius 2 is 0.744 bits per heavy atom. The van der Waals surface area contributed by atoms with Crippen LogP contribution in [-0.4, -0.2) is 0 Å². The van der Waals surface area contributed by atoms with Gasteiger partial charge in [0.05, 0.1) is 0 Å². The second-order valence-corrected chi connectivity index (χ2v) is 24.1. The van der Waals surface area contributed by atoms with Crippen LogP contribution >= 0.6 is 0 Å². The lowest BCUT2D eigenvalue weighted by Crippen LogP contribution is -2.37. The van der Waals surface area contributed by atoms with Gasteiger partial charge in [0.2, 0.25) is 28.5 Å². The molecule has 0 aliphatic heterocycles. The van der Waals surface area contributed by atoms with Crippen LogP contribution in [0.3, 0.4) is 0 Å². The molecule has 10 aromatic rings. The maximum atomic E-state index is 8.51. The van der Waals surface area contributed by atoms with Crippen molar-refractivity contribution in [2.24, 2.45) is 35.2 Å². The molecule has 5 nitrogen and oxygen atoms in total. The molecule has 5 heterocycles. The molecule has 0 N–H and O–H groups in total. The van der Waals surface area contributed by atoms with E-state index < -0.39 is 57.8 Å². The second-order valence-electron chi connectivity index (χ2n) is 24.1. The predicted octanol–water partition coefficient (Wildman–Crippen LogP) is 19.4. The van der Waals surface area contributed by atoms with Crippen LogP contribution in [0.4, 0.5) is 0 Å². The van der Waals surface area contributed by atoms with Crippen molar-refractivity contribution in [1.82, 2.24) is 0 Å². The Balaban J connectivity index is 0.000000213. The summed E-state index contributed by atoms with van der Waals surface area (Å²) < 4.78 is 158. The van der Waals surface area contributed by atoms with Crippen molar-refractivity contribution in [2.75, 3.05) is 0 Å². The molecule has 3 atom stereocenters. The number of nitrogens with zero attached hydrogens (tertiary/aromatic N) is 5. The normalized spacial score (nSPS) is 16.8. The van der Waals surface area contributed by atoms with Crippen LogP contribution in [0.1, 0.15) is 200 Å². The summed E-state index contributed by atoms with van der Waals surface area (Å²) >= 11 is 0. The Labute approximate surface area is 572 Å². The first-order valence-electron chi connectivity index (χ1n) is 40.2. The van der Waals surface area contributed by atoms with Crippen LogP contribution in [0.15, 0.2) is 170 Å². The van der Waals surface area contributed by atoms with E-state index in [-0.39, 0.29) is 0 Å². The Morgan fingerprint density at radius 3 is 1.19 bits per heavy atom. The first-order valence-corrected chi connectivity index (χ1v) is 30.7. The molecule has 470 valence electrons. The molecule has 90 heavy (non-hydrogen) atoms. The van der Waals surface area contributed by atoms with Gasteiger partial charge >= 0.3 is 0 Å². The zero-order valence-corrected chi connectivity index (χ0v) is 57.4. The summed E-state index contributed by atoms with van der Waals surface area (Å²) in [5.41, 5.74) is 24.5. The number of benzene rings is 5. The molecule has 10 rings (SSSR count). The second kappa shape index (κ2) is 31.5. The Morgan fingerprint density at radius 1 is 0.311 bits per heavy atom. The summed E-state index contributed by atoms with van der Waals surface area (Å²) in [6.45, 7) is 18.1. The quantitative estimate of drug-likeness (QED) is 0.128. The summed E-state index contributed by atoms with van der Waals surface area (Å²) in [7, 11) is 9.51. The van der Waals surface area contributed by atoms with Gasteiger partial charge in [-0.15, -0.1) is 0 Å². The molecule has 0 saturated heterocycles. The average Bonchev–Trinajstić information content (AvgIpc) is 0.777. The van der Waals surface area contributed by atoms with E-state index in [4.69, 9.17) is 26.0 Å². The first kappa shape index (κ1) is 47.8. The van der Waals surface area contributed by atoms with E-state index in [9.17, 15) is 0 Å². The molecule has 0 aliphatic carbocycles. The average molecular weight is 1220 g/mol. The molecule has 0 saturated carbocycles. The minimum absolute atomic E-state index is 0.368. The lowest BCUT2D eigenvalue weighted by molar-refractivity contribution is -0.667. The van der Waals surface area contributed by atoms with Crippen molar-refractivity contribution in [3.8, 4) is 56.3 Å². The van der Waals surface area contributed by atoms with E-state index in [0.29, 0.717) is 33.4 Å². The van der Waals surface area contributed by atoms with E-state index in [1.54, 1.807) is 38.4 Å². The highest BCUT2D eigenvalue weighted by Crippen LogP contribution is 2.32. The molecule has 0 fully saturated rings. The maximum Gasteiger partial charge on any atom is 0.215 e. The Hall–Kier alpha value is -8.15. The van der Waals surface area contributed by atoms with Gasteiger partial charge in [0, 0.05) is 132 Å². The molecule has 5 aromatic heterocycles. The maximum absolute atomic E-state index is 8.51. The van der Waals surface area contributed by atoms with Crippen LogP contribution in [0.2, 0.25) is 0 Å². The molecule has 0 aliphatic rings. The smallest absolute Gasteiger partial charge is 0.201 e. The first-order chi connectivity index (χ1) is 49.9. The third-order valence-electron chi connectivity index (χ3n) is 17.4. The molecule has 5 aromatic carbocycles. The van der Waals surface area contributed by atoms with Crippen molar-refractivity contribution < 1.29 is 48.9 Å². The monoisotopic (exact) mass is 1220 g/mol. The fraction of sp³-hybridized carbons (Fsp3) is 0.353. The largest absolute Gasteiger partial charge is 0.215 e. The minimum Gasteiger partial charge on any atom is -0.201 e. The van der Waals surface area contributed by atoms with E-state index in [2.05, 4.69) is 70.2 Å². The summed E-state index contributed by atoms with van der Waals surface area (Å²) in [5.74, 6) is -6.06. The highest BCUT2D eigenvalue weighted by molar-refractivity contribution is 5.67. The number of aromatic nitrogens is 5. The third-order valence-corrected chi connectivity index (χ3v) is 17.4. The zero-order valence-electron chi connectivity index (χ0n) is 76.4. The third kappa shape index (κ3) is 16.6. The predicted molar refractivity (Wildman–Crippen MR) is 383 cm³/mol. The van der Waals surface area contributed by atoms with Gasteiger partial charge < -0.3 is 0 Å². The van der Waals surface area contributed by atoms with Crippen LogP contribution in [-0.2, 0) is 35.2 Å². The fourth-order valence-electron chi connectivity index (χ4n) is 11.4. The van der Waals surface area contributed by atoms with E-state index in [1.807, 2.05) is 210 Å². The van der Waals surface area contributed by atoms with Crippen molar-refractivity contribution in [3.63, 3.8) is 0 Å². The van der Waals surface area contributed by atoms with Gasteiger partial charge in [-0.3, -0.25) is 0 Å². The van der Waals surface area contributed by atoms with Gasteiger partial charge in [-0.25, -0.2) is 9.13 Å². The van der Waals surface area contributed by atoms with E-state index in [1.165, 1.54) is 37.5 Å². The topological polar surface area (TPSA) is 19.4 Å². The highest BCUT2D eigenvalue weighted by atomic mass is 15.0. The van der Waals surface area contributed by atoms with E-state index in [0.717, 1.165) is 101 Å². The summed E-state index contributed by atoms with van der Waals surface area (Å²) in [4.78, 5) is 0. The van der Waals surface area contributed by atoms with Crippen molar-refractivity contribution in [3.05, 3.63) is 265 Å². The number of hydrogen-bond acceptors (Lipinski definition) is 0. The number of aryl methyl sites for hydroxylation is 9. The molecular weight excluding hydrogens is 1090 g/mol. The molecule has 0 radical (unpaired) electrons. The van der Waals surface area contributed by atoms with Crippen molar-refractivity contribution in [1.29, 1.82) is 0 Å². The molecule has 3 unspecified atom stereocenters. The standard InChI is InChI=1S/C19H26N.3C17H22N.C15H18N/c1-13(2)17-11-19(16-10-8-7-9-15(16)5)20(6)12-18(17)14(3)4;1-11-9-7-8-10-16(11)17-14(4)12(2)13(3)15(5)18(17)6;1-12(2)15-10-14(4)17(18(5)11-15)16-9-7-6-8-13(16)3;1-12(2)15-10-11-17(18(5)14(15)4)16-9-7-6-8-13(16)3;1-11-9-10-15(16(4)13(11)3)14-8-6-5-7-12(14)2/h7-14H,1-6H3;7-10H,1-6H3;2*6-12H,1-5H3;5-10H,1-4H3/q5*+1/i3D3,13D,14D;3D3;2*1D3,12D;1D3. The lowest BCUT2D eigenvalue weighted by atomic mass is 9.90. The highest BCUT2D eigenvalue weighted by Gasteiger charge is 2.25. The van der Waals surface area contributed by atoms with Gasteiger partial charge in [-0.05, 0) is 180 Å². The molecule has 0 spiro atoms. The minimum atomic E-state index is -2.48. The molecule has 0 bridgehead atoms. The van der Waals surface area contributed by atoms with Crippen LogP contribution in [0, 0.1) is 89.9 Å². The van der Waals surface area contributed by atoms with Gasteiger partial charge in [-0.2, -0.15) is 13.7 Å². The SMILES string of the molecule is [2H]C(C)(C)c1cc(-c2ccccc2C)[n+](C)cc1C([2H])(C)C([2H])([2H])[2H].[2H]C([2H])([2H])C([2H])(C)c1cc(C)c(-c2ccccc2C)[n+](C)c1.[2H]C([2H])([2H])C([2H])(C)c1ccc(-c2ccccc2C)[n+](C)c1C.[2H]C([2H])([2H])c1c(C)c(C)c(-c2ccccc2C)[n+](C)c1C.[2H]C([2H])([2H])c1ccc(-c2ccccc2C)[n+](C)c1C. The van der Waals surface area contributed by atoms with Gasteiger partial charge in [-0.1, -0.05) is 146 Å². The lowest BCUT2D eigenvalue weighted by Gasteiger charge is -2.16. The van der Waals surface area contributed by atoms with Crippen molar-refractivity contribution >= 4 is 0 Å². The molecule has 5 heteroatoms. The van der Waals surface area contributed by atoms with E-state index >= 15 is 0 Å². The van der Waals surface area contributed by atoms with Gasteiger partial charge in [0.25, 0.3) is 0 Å². The fourth-order valence-corrected chi connectivity index (χ4v) is 11.4. The Kier molecular flexibility index (Phi) is 16.7. The van der Waals surface area contributed by atoms with Gasteiger partial charge in [0.15, 0.2) is 29.5 Å². The molecule has 0 amide bonds.